The molecule has 0 saturated carbocycles. The minimum atomic E-state index is 0.0674. The lowest BCUT2D eigenvalue weighted by molar-refractivity contribution is -0.137. The van der Waals surface area contributed by atoms with E-state index < -0.39 is 0 Å². The van der Waals surface area contributed by atoms with E-state index in [1.165, 1.54) is 12.8 Å². The number of carbonyl (C=O) groups is 1. The molecule has 1 N–H and O–H groups in total. The van der Waals surface area contributed by atoms with Gasteiger partial charge in [0.2, 0.25) is 5.91 Å². The minimum Gasteiger partial charge on any atom is -0.336 e. The molecule has 98 valence electrons. The van der Waals surface area contributed by atoms with Crippen molar-refractivity contribution in [2.24, 2.45) is 5.92 Å². The molecule has 3 heteroatoms. The van der Waals surface area contributed by atoms with Crippen molar-refractivity contribution in [3.05, 3.63) is 0 Å². The van der Waals surface area contributed by atoms with Crippen LogP contribution in [0, 0.1) is 5.92 Å². The maximum Gasteiger partial charge on any atom is 0.240 e. The first-order valence-corrected chi connectivity index (χ1v) is 7.09. The van der Waals surface area contributed by atoms with E-state index in [1.807, 2.05) is 0 Å². The molecule has 0 aromatic rings. The summed E-state index contributed by atoms with van der Waals surface area (Å²) in [5.74, 6) is 1.07. The van der Waals surface area contributed by atoms with Crippen molar-refractivity contribution in [2.45, 2.75) is 64.5 Å². The fourth-order valence-electron chi connectivity index (χ4n) is 3.26. The van der Waals surface area contributed by atoms with Gasteiger partial charge in [-0.05, 0) is 52.0 Å². The molecular formula is C14H26N2O. The highest BCUT2D eigenvalue weighted by Crippen LogP contribution is 2.30. The average Bonchev–Trinajstić information content (AvgIpc) is 2.68. The average molecular weight is 238 g/mol. The van der Waals surface area contributed by atoms with Gasteiger partial charge in [-0.25, -0.2) is 0 Å². The molecule has 2 aliphatic rings. The molecule has 0 spiro atoms. The lowest BCUT2D eigenvalue weighted by Gasteiger charge is -2.37. The number of hydrogen-bond donors (Lipinski definition) is 1. The molecule has 2 heterocycles. The summed E-state index contributed by atoms with van der Waals surface area (Å²) in [5, 5.41) is 3.41. The minimum absolute atomic E-state index is 0.0674. The van der Waals surface area contributed by atoms with Crippen LogP contribution < -0.4 is 5.32 Å². The molecule has 3 nitrogen and oxygen atoms in total. The summed E-state index contributed by atoms with van der Waals surface area (Å²) in [6, 6.07) is 0.0751. The first-order valence-electron chi connectivity index (χ1n) is 7.09. The van der Waals surface area contributed by atoms with Gasteiger partial charge >= 0.3 is 0 Å². The van der Waals surface area contributed by atoms with E-state index >= 15 is 0 Å². The van der Waals surface area contributed by atoms with Crippen LogP contribution in [0.1, 0.15) is 52.9 Å². The van der Waals surface area contributed by atoms with E-state index in [2.05, 4.69) is 31.0 Å². The van der Waals surface area contributed by atoms with Crippen LogP contribution in [-0.2, 0) is 4.79 Å². The van der Waals surface area contributed by atoms with Crippen LogP contribution in [-0.4, -0.2) is 35.5 Å². The molecule has 0 aromatic carbocycles. The van der Waals surface area contributed by atoms with Gasteiger partial charge in [0, 0.05) is 12.1 Å². The Labute approximate surface area is 105 Å². The zero-order chi connectivity index (χ0) is 12.5. The van der Waals surface area contributed by atoms with E-state index in [0.717, 1.165) is 38.3 Å². The predicted octanol–water partition coefficient (Wildman–Crippen LogP) is 2.17. The molecule has 0 aliphatic carbocycles. The largest absolute Gasteiger partial charge is 0.336 e. The van der Waals surface area contributed by atoms with Crippen LogP contribution in [0.3, 0.4) is 0 Å². The third kappa shape index (κ3) is 2.65. The van der Waals surface area contributed by atoms with Crippen LogP contribution in [0.5, 0.6) is 0 Å². The number of amides is 1. The van der Waals surface area contributed by atoms with Crippen LogP contribution in [0.15, 0.2) is 0 Å². The molecule has 0 radical (unpaired) electrons. The Morgan fingerprint density at radius 1 is 1.47 bits per heavy atom. The van der Waals surface area contributed by atoms with Crippen molar-refractivity contribution in [3.63, 3.8) is 0 Å². The van der Waals surface area contributed by atoms with Crippen molar-refractivity contribution in [3.8, 4) is 0 Å². The summed E-state index contributed by atoms with van der Waals surface area (Å²) >= 11 is 0. The Kier molecular flexibility index (Phi) is 3.76. The summed E-state index contributed by atoms with van der Waals surface area (Å²) in [4.78, 5) is 14.6. The molecule has 2 saturated heterocycles. The SMILES string of the molecule is CCC1CCNC(C(=O)N2CCCC2(C)C)C1. The molecule has 2 aliphatic heterocycles. The van der Waals surface area contributed by atoms with Crippen LogP contribution in [0.2, 0.25) is 0 Å². The van der Waals surface area contributed by atoms with Crippen LogP contribution >= 0.6 is 0 Å². The molecule has 0 aromatic heterocycles. The normalized spacial score (nSPS) is 32.8. The summed E-state index contributed by atoms with van der Waals surface area (Å²) in [6.45, 7) is 8.57. The number of hydrogen-bond acceptors (Lipinski definition) is 2. The molecule has 1 amide bonds. The van der Waals surface area contributed by atoms with Crippen molar-refractivity contribution in [2.75, 3.05) is 13.1 Å². The number of carbonyl (C=O) groups excluding carboxylic acids is 1. The van der Waals surface area contributed by atoms with Gasteiger partial charge in [-0.15, -0.1) is 0 Å². The quantitative estimate of drug-likeness (QED) is 0.799. The van der Waals surface area contributed by atoms with Crippen LogP contribution in [0.4, 0.5) is 0 Å². The third-order valence-corrected chi connectivity index (χ3v) is 4.55. The van der Waals surface area contributed by atoms with Crippen molar-refractivity contribution in [1.29, 1.82) is 0 Å². The first kappa shape index (κ1) is 12.9. The summed E-state index contributed by atoms with van der Waals surface area (Å²) in [7, 11) is 0. The first-order chi connectivity index (χ1) is 8.04. The van der Waals surface area contributed by atoms with E-state index in [-0.39, 0.29) is 11.6 Å². The summed E-state index contributed by atoms with van der Waals surface area (Å²) in [6.07, 6.45) is 5.76. The number of nitrogens with one attached hydrogen (secondary N) is 1. The molecule has 2 atom stereocenters. The Morgan fingerprint density at radius 3 is 2.82 bits per heavy atom. The highest BCUT2D eigenvalue weighted by Gasteiger charge is 2.39. The highest BCUT2D eigenvalue weighted by molar-refractivity contribution is 5.83. The van der Waals surface area contributed by atoms with Gasteiger partial charge in [0.05, 0.1) is 6.04 Å². The zero-order valence-electron chi connectivity index (χ0n) is 11.5. The van der Waals surface area contributed by atoms with Gasteiger partial charge in [-0.1, -0.05) is 13.3 Å². The molecule has 0 bridgehead atoms. The van der Waals surface area contributed by atoms with E-state index in [0.29, 0.717) is 5.91 Å². The van der Waals surface area contributed by atoms with Gasteiger partial charge in [0.1, 0.15) is 0 Å². The monoisotopic (exact) mass is 238 g/mol. The topological polar surface area (TPSA) is 32.3 Å². The smallest absolute Gasteiger partial charge is 0.240 e. The summed E-state index contributed by atoms with van der Waals surface area (Å²) in [5.41, 5.74) is 0.0674. The van der Waals surface area contributed by atoms with Crippen LogP contribution in [0.25, 0.3) is 0 Å². The second kappa shape index (κ2) is 4.97. The van der Waals surface area contributed by atoms with Gasteiger partial charge in [-0.3, -0.25) is 4.79 Å². The van der Waals surface area contributed by atoms with E-state index in [4.69, 9.17) is 0 Å². The van der Waals surface area contributed by atoms with Gasteiger partial charge in [0.15, 0.2) is 0 Å². The lowest BCUT2D eigenvalue weighted by atomic mass is 9.89. The Bertz CT molecular complexity index is 288. The van der Waals surface area contributed by atoms with E-state index in [9.17, 15) is 4.79 Å². The maximum atomic E-state index is 12.5. The van der Waals surface area contributed by atoms with Gasteiger partial charge in [-0.2, -0.15) is 0 Å². The molecule has 17 heavy (non-hydrogen) atoms. The Balaban J connectivity index is 1.99. The number of nitrogens with zero attached hydrogens (tertiary/aromatic N) is 1. The molecule has 2 fully saturated rings. The summed E-state index contributed by atoms with van der Waals surface area (Å²) < 4.78 is 0. The Hall–Kier alpha value is -0.570. The predicted molar refractivity (Wildman–Crippen MR) is 69.8 cm³/mol. The van der Waals surface area contributed by atoms with Crippen molar-refractivity contribution < 1.29 is 4.79 Å². The molecule has 2 unspecified atom stereocenters. The highest BCUT2D eigenvalue weighted by atomic mass is 16.2. The van der Waals surface area contributed by atoms with Gasteiger partial charge < -0.3 is 10.2 Å². The fourth-order valence-corrected chi connectivity index (χ4v) is 3.26. The van der Waals surface area contributed by atoms with Gasteiger partial charge in [0.25, 0.3) is 0 Å². The second-order valence-corrected chi connectivity index (χ2v) is 6.21. The van der Waals surface area contributed by atoms with Crippen molar-refractivity contribution in [1.82, 2.24) is 10.2 Å². The second-order valence-electron chi connectivity index (χ2n) is 6.21. The van der Waals surface area contributed by atoms with E-state index in [1.54, 1.807) is 0 Å². The number of rotatable bonds is 2. The molecule has 2 rings (SSSR count). The zero-order valence-corrected chi connectivity index (χ0v) is 11.5. The fraction of sp³-hybridized carbons (Fsp3) is 0.929. The Morgan fingerprint density at radius 2 is 2.24 bits per heavy atom. The number of likely N-dealkylation sites (tertiary alicyclic amines) is 1. The third-order valence-electron chi connectivity index (χ3n) is 4.55. The maximum absolute atomic E-state index is 12.5. The molecular weight excluding hydrogens is 212 g/mol. The lowest BCUT2D eigenvalue weighted by Crippen LogP contribution is -2.54. The van der Waals surface area contributed by atoms with Crippen molar-refractivity contribution >= 4 is 5.91 Å². The standard InChI is InChI=1S/C14H26N2O/c1-4-11-6-8-15-12(10-11)13(17)16-9-5-7-14(16,2)3/h11-12,15H,4-10H2,1-3H3. The number of piperidine rings is 1.